The quantitative estimate of drug-likeness (QED) is 0.686. The Bertz CT molecular complexity index is 166. The van der Waals surface area contributed by atoms with Gasteiger partial charge in [-0.25, -0.2) is 0 Å². The Morgan fingerprint density at radius 1 is 1.31 bits per heavy atom. The SMILES string of the molecule is CCC(COC)NC(C)CCC1CCCC1. The molecule has 0 spiro atoms. The molecule has 16 heavy (non-hydrogen) atoms. The van der Waals surface area contributed by atoms with Crippen LogP contribution in [0.4, 0.5) is 0 Å². The van der Waals surface area contributed by atoms with Crippen molar-refractivity contribution in [2.75, 3.05) is 13.7 Å². The van der Waals surface area contributed by atoms with Crippen molar-refractivity contribution >= 4 is 0 Å². The largest absolute Gasteiger partial charge is 0.383 e. The van der Waals surface area contributed by atoms with Crippen LogP contribution in [-0.4, -0.2) is 25.8 Å². The number of ether oxygens (including phenoxy) is 1. The molecule has 1 rings (SSSR count). The second kappa shape index (κ2) is 8.08. The lowest BCUT2D eigenvalue weighted by atomic mass is 9.99. The number of methoxy groups -OCH3 is 1. The molecule has 2 atom stereocenters. The fourth-order valence-corrected chi connectivity index (χ4v) is 2.76. The molecular formula is C14H29NO. The molecule has 1 saturated carbocycles. The Labute approximate surface area is 101 Å². The first kappa shape index (κ1) is 14.0. The summed E-state index contributed by atoms with van der Waals surface area (Å²) in [4.78, 5) is 0. The summed E-state index contributed by atoms with van der Waals surface area (Å²) < 4.78 is 5.21. The van der Waals surface area contributed by atoms with E-state index in [0.717, 1.165) is 18.9 Å². The van der Waals surface area contributed by atoms with Crippen LogP contribution in [0.3, 0.4) is 0 Å². The topological polar surface area (TPSA) is 21.3 Å². The molecule has 0 heterocycles. The van der Waals surface area contributed by atoms with Crippen LogP contribution in [0.1, 0.15) is 58.8 Å². The highest BCUT2D eigenvalue weighted by Crippen LogP contribution is 2.28. The van der Waals surface area contributed by atoms with Gasteiger partial charge in [-0.05, 0) is 32.1 Å². The van der Waals surface area contributed by atoms with E-state index < -0.39 is 0 Å². The Kier molecular flexibility index (Phi) is 7.06. The van der Waals surface area contributed by atoms with Gasteiger partial charge in [0.25, 0.3) is 0 Å². The highest BCUT2D eigenvalue weighted by Gasteiger charge is 2.16. The van der Waals surface area contributed by atoms with E-state index in [2.05, 4.69) is 19.2 Å². The lowest BCUT2D eigenvalue weighted by Gasteiger charge is -2.22. The number of hydrogen-bond acceptors (Lipinski definition) is 2. The summed E-state index contributed by atoms with van der Waals surface area (Å²) >= 11 is 0. The van der Waals surface area contributed by atoms with E-state index in [0.29, 0.717) is 12.1 Å². The zero-order chi connectivity index (χ0) is 11.8. The average Bonchev–Trinajstić information content (AvgIpc) is 2.78. The van der Waals surface area contributed by atoms with Crippen molar-refractivity contribution in [3.63, 3.8) is 0 Å². The molecule has 0 amide bonds. The average molecular weight is 227 g/mol. The lowest BCUT2D eigenvalue weighted by Crippen LogP contribution is -2.39. The molecule has 1 N–H and O–H groups in total. The molecule has 0 aromatic rings. The lowest BCUT2D eigenvalue weighted by molar-refractivity contribution is 0.158. The highest BCUT2D eigenvalue weighted by molar-refractivity contribution is 4.73. The summed E-state index contributed by atoms with van der Waals surface area (Å²) in [6, 6.07) is 1.17. The smallest absolute Gasteiger partial charge is 0.0615 e. The summed E-state index contributed by atoms with van der Waals surface area (Å²) in [5.74, 6) is 1.02. The molecule has 0 bridgehead atoms. The van der Waals surface area contributed by atoms with Crippen LogP contribution in [0.15, 0.2) is 0 Å². The van der Waals surface area contributed by atoms with Crippen LogP contribution in [0.2, 0.25) is 0 Å². The molecule has 0 radical (unpaired) electrons. The van der Waals surface area contributed by atoms with Gasteiger partial charge in [-0.15, -0.1) is 0 Å². The summed E-state index contributed by atoms with van der Waals surface area (Å²) in [6.45, 7) is 5.37. The van der Waals surface area contributed by atoms with Crippen molar-refractivity contribution in [3.8, 4) is 0 Å². The van der Waals surface area contributed by atoms with E-state index in [1.807, 2.05) is 0 Å². The summed E-state index contributed by atoms with van der Waals surface area (Å²) in [6.07, 6.45) is 9.77. The summed E-state index contributed by atoms with van der Waals surface area (Å²) in [7, 11) is 1.79. The molecule has 1 aliphatic carbocycles. The Morgan fingerprint density at radius 3 is 2.56 bits per heavy atom. The molecule has 2 unspecified atom stereocenters. The van der Waals surface area contributed by atoms with Crippen molar-refractivity contribution in [1.82, 2.24) is 5.32 Å². The van der Waals surface area contributed by atoms with Gasteiger partial charge in [-0.2, -0.15) is 0 Å². The molecule has 1 fully saturated rings. The van der Waals surface area contributed by atoms with Crippen LogP contribution in [-0.2, 0) is 4.74 Å². The van der Waals surface area contributed by atoms with Crippen LogP contribution in [0, 0.1) is 5.92 Å². The van der Waals surface area contributed by atoms with Gasteiger partial charge in [-0.3, -0.25) is 0 Å². The summed E-state index contributed by atoms with van der Waals surface area (Å²) in [5, 5.41) is 3.67. The predicted molar refractivity (Wildman–Crippen MR) is 69.7 cm³/mol. The van der Waals surface area contributed by atoms with E-state index >= 15 is 0 Å². The van der Waals surface area contributed by atoms with Gasteiger partial charge in [0.2, 0.25) is 0 Å². The second-order valence-electron chi connectivity index (χ2n) is 5.36. The van der Waals surface area contributed by atoms with Crippen LogP contribution in [0.25, 0.3) is 0 Å². The summed E-state index contributed by atoms with van der Waals surface area (Å²) in [5.41, 5.74) is 0. The zero-order valence-electron chi connectivity index (χ0n) is 11.3. The van der Waals surface area contributed by atoms with Crippen molar-refractivity contribution in [1.29, 1.82) is 0 Å². The maximum Gasteiger partial charge on any atom is 0.0615 e. The highest BCUT2D eigenvalue weighted by atomic mass is 16.5. The third-order valence-corrected chi connectivity index (χ3v) is 3.86. The zero-order valence-corrected chi connectivity index (χ0v) is 11.3. The number of rotatable bonds is 8. The maximum absolute atomic E-state index is 5.21. The molecule has 0 aromatic heterocycles. The molecule has 2 heteroatoms. The van der Waals surface area contributed by atoms with Gasteiger partial charge in [0.05, 0.1) is 6.61 Å². The number of hydrogen-bond donors (Lipinski definition) is 1. The monoisotopic (exact) mass is 227 g/mol. The van der Waals surface area contributed by atoms with E-state index in [4.69, 9.17) is 4.74 Å². The minimum atomic E-state index is 0.531. The second-order valence-corrected chi connectivity index (χ2v) is 5.36. The molecule has 2 nitrogen and oxygen atoms in total. The van der Waals surface area contributed by atoms with Gasteiger partial charge < -0.3 is 10.1 Å². The number of nitrogens with one attached hydrogen (secondary N) is 1. The van der Waals surface area contributed by atoms with Crippen molar-refractivity contribution in [2.24, 2.45) is 5.92 Å². The van der Waals surface area contributed by atoms with Crippen LogP contribution >= 0.6 is 0 Å². The molecule has 0 aromatic carbocycles. The third kappa shape index (κ3) is 5.31. The maximum atomic E-state index is 5.21. The fourth-order valence-electron chi connectivity index (χ4n) is 2.76. The first-order chi connectivity index (χ1) is 7.76. The van der Waals surface area contributed by atoms with Gasteiger partial charge in [0, 0.05) is 19.2 Å². The Hall–Kier alpha value is -0.0800. The fraction of sp³-hybridized carbons (Fsp3) is 1.00. The predicted octanol–water partition coefficient (Wildman–Crippen LogP) is 3.36. The van der Waals surface area contributed by atoms with E-state index in [1.54, 1.807) is 7.11 Å². The minimum Gasteiger partial charge on any atom is -0.383 e. The van der Waals surface area contributed by atoms with Crippen molar-refractivity contribution < 1.29 is 4.74 Å². The van der Waals surface area contributed by atoms with Gasteiger partial charge >= 0.3 is 0 Å². The van der Waals surface area contributed by atoms with Crippen molar-refractivity contribution in [2.45, 2.75) is 70.9 Å². The molecule has 0 saturated heterocycles. The van der Waals surface area contributed by atoms with E-state index in [9.17, 15) is 0 Å². The normalized spacial score (nSPS) is 21.2. The first-order valence-corrected chi connectivity index (χ1v) is 7.01. The third-order valence-electron chi connectivity index (χ3n) is 3.86. The molecular weight excluding hydrogens is 198 g/mol. The Morgan fingerprint density at radius 2 is 2.00 bits per heavy atom. The van der Waals surface area contributed by atoms with Gasteiger partial charge in [0.1, 0.15) is 0 Å². The van der Waals surface area contributed by atoms with E-state index in [1.165, 1.54) is 38.5 Å². The van der Waals surface area contributed by atoms with Gasteiger partial charge in [-0.1, -0.05) is 32.6 Å². The first-order valence-electron chi connectivity index (χ1n) is 7.01. The van der Waals surface area contributed by atoms with Crippen molar-refractivity contribution in [3.05, 3.63) is 0 Å². The Balaban J connectivity index is 2.10. The molecule has 96 valence electrons. The molecule has 0 aliphatic heterocycles. The van der Waals surface area contributed by atoms with Gasteiger partial charge in [0.15, 0.2) is 0 Å². The molecule has 1 aliphatic rings. The minimum absolute atomic E-state index is 0.531. The van der Waals surface area contributed by atoms with Crippen LogP contribution in [0.5, 0.6) is 0 Å². The van der Waals surface area contributed by atoms with Crippen LogP contribution < -0.4 is 5.32 Å². The van der Waals surface area contributed by atoms with E-state index in [-0.39, 0.29) is 0 Å². The standard InChI is InChI=1S/C14H29NO/c1-4-14(11-16-3)15-12(2)9-10-13-7-5-6-8-13/h12-15H,4-11H2,1-3H3.